The molecular weight excluding hydrogens is 502 g/mol. The van der Waals surface area contributed by atoms with E-state index in [1.165, 1.54) is 35.1 Å². The van der Waals surface area contributed by atoms with E-state index >= 15 is 0 Å². The van der Waals surface area contributed by atoms with Crippen LogP contribution in [-0.4, -0.2) is 71.3 Å². The summed E-state index contributed by atoms with van der Waals surface area (Å²) in [7, 11) is 5.03. The molecule has 1 saturated heterocycles. The number of carboxylic acid groups (broad SMARTS) is 1. The number of carboxylic acids is 1. The third-order valence-corrected chi connectivity index (χ3v) is 8.29. The predicted molar refractivity (Wildman–Crippen MR) is 126 cm³/mol. The first-order valence-electron chi connectivity index (χ1n) is 9.88. The van der Waals surface area contributed by atoms with Gasteiger partial charge in [-0.1, -0.05) is 16.5 Å². The molecule has 2 atom stereocenters. The number of hydrogen-bond donors (Lipinski definition) is 2. The summed E-state index contributed by atoms with van der Waals surface area (Å²) >= 11 is 4.02. The fourth-order valence-corrected chi connectivity index (χ4v) is 6.46. The van der Waals surface area contributed by atoms with Gasteiger partial charge < -0.3 is 25.8 Å². The number of aryl methyl sites for hydroxylation is 1. The maximum atomic E-state index is 12.9. The molecule has 0 saturated carbocycles. The lowest BCUT2D eigenvalue weighted by molar-refractivity contribution is -0.654. The van der Waals surface area contributed by atoms with Gasteiger partial charge in [0.25, 0.3) is 11.8 Å². The third kappa shape index (κ3) is 4.33. The van der Waals surface area contributed by atoms with Crippen molar-refractivity contribution in [2.45, 2.75) is 11.4 Å². The highest BCUT2D eigenvalue weighted by molar-refractivity contribution is 8.00. The van der Waals surface area contributed by atoms with Gasteiger partial charge in [0, 0.05) is 22.1 Å². The topological polar surface area (TPSA) is 157 Å². The number of aromatic nitrogens is 2. The van der Waals surface area contributed by atoms with Crippen molar-refractivity contribution in [3.63, 3.8) is 0 Å². The van der Waals surface area contributed by atoms with Crippen LogP contribution in [0, 0.1) is 0 Å². The van der Waals surface area contributed by atoms with E-state index in [0.717, 1.165) is 16.5 Å². The minimum atomic E-state index is -1.43. The van der Waals surface area contributed by atoms with Crippen LogP contribution in [0.4, 0.5) is 10.3 Å². The number of amides is 2. The Morgan fingerprint density at radius 3 is 2.82 bits per heavy atom. The van der Waals surface area contributed by atoms with E-state index in [-0.39, 0.29) is 22.2 Å². The van der Waals surface area contributed by atoms with Gasteiger partial charge in [0.1, 0.15) is 37.0 Å². The van der Waals surface area contributed by atoms with Crippen molar-refractivity contribution >= 4 is 68.2 Å². The molecule has 12 nitrogen and oxygen atoms in total. The van der Waals surface area contributed by atoms with Crippen LogP contribution in [-0.2, 0) is 26.3 Å². The Balaban J connectivity index is 1.52. The van der Waals surface area contributed by atoms with Crippen LogP contribution in [0.2, 0.25) is 0 Å². The lowest BCUT2D eigenvalue weighted by atomic mass is 10.0. The van der Waals surface area contributed by atoms with Crippen molar-refractivity contribution in [1.82, 2.24) is 15.2 Å². The Bertz CT molecular complexity index is 1210. The molecule has 2 amide bonds. The van der Waals surface area contributed by atoms with Crippen LogP contribution in [0.3, 0.4) is 0 Å². The van der Waals surface area contributed by atoms with Gasteiger partial charge in [0.2, 0.25) is 0 Å². The van der Waals surface area contributed by atoms with E-state index in [2.05, 4.69) is 15.5 Å². The average Bonchev–Trinajstić information content (AvgIpc) is 3.42. The van der Waals surface area contributed by atoms with Crippen molar-refractivity contribution in [3.8, 4) is 0 Å². The predicted octanol–water partition coefficient (Wildman–Crippen LogP) is -1.50. The number of nitrogens with two attached hydrogens (primary N) is 1. The summed E-state index contributed by atoms with van der Waals surface area (Å²) in [6, 6.07) is -0.931. The Labute approximate surface area is 206 Å². The number of nitrogens with one attached hydrogen (secondary N) is 1. The van der Waals surface area contributed by atoms with Crippen LogP contribution >= 0.6 is 34.4 Å². The molecule has 0 aromatic carbocycles. The lowest BCUT2D eigenvalue weighted by Crippen LogP contribution is -2.71. The van der Waals surface area contributed by atoms with Crippen LogP contribution < -0.4 is 25.6 Å². The number of β-lactam (4-membered cyclic amide) rings is 1. The monoisotopic (exact) mass is 523 g/mol. The molecule has 0 spiro atoms. The summed E-state index contributed by atoms with van der Waals surface area (Å²) in [4.78, 5) is 49.6. The second-order valence-corrected chi connectivity index (χ2v) is 10.3. The number of hydrogen-bond acceptors (Lipinski definition) is 12. The second-order valence-electron chi connectivity index (χ2n) is 7.45. The molecule has 2 aliphatic rings. The largest absolute Gasteiger partial charge is 0.543 e. The maximum absolute atomic E-state index is 12.9. The first kappa shape index (κ1) is 24.0. The summed E-state index contributed by atoms with van der Waals surface area (Å²) in [6.07, 6.45) is 1.91. The van der Waals surface area contributed by atoms with Gasteiger partial charge in [-0.25, -0.2) is 9.55 Å². The van der Waals surface area contributed by atoms with Gasteiger partial charge in [0.05, 0.1) is 25.8 Å². The van der Waals surface area contributed by atoms with Crippen molar-refractivity contribution in [2.24, 2.45) is 12.2 Å². The van der Waals surface area contributed by atoms with Crippen LogP contribution in [0.15, 0.2) is 33.4 Å². The summed E-state index contributed by atoms with van der Waals surface area (Å²) in [5, 5.41) is 22.4. The lowest BCUT2D eigenvalue weighted by Gasteiger charge is -2.50. The minimum Gasteiger partial charge on any atom is -0.543 e. The molecule has 180 valence electrons. The van der Waals surface area contributed by atoms with Gasteiger partial charge in [-0.15, -0.1) is 23.1 Å². The van der Waals surface area contributed by atoms with Crippen molar-refractivity contribution in [2.75, 3.05) is 37.1 Å². The number of likely N-dealkylation sites (N-methyl/N-ethyl adjacent to an activating group) is 1. The van der Waals surface area contributed by atoms with Crippen molar-refractivity contribution in [1.29, 1.82) is 0 Å². The summed E-state index contributed by atoms with van der Waals surface area (Å²) < 4.78 is 1.93. The molecule has 2 aromatic rings. The molecule has 4 heterocycles. The standard InChI is InChI=1S/C19H21N7O5S3/c1-24-4-5-32-19(24)25(2)6-9-7-33-16-12(15(28)26(16)13(9)17(29)30)22-14(27)11(23-31-3)10-8-34-18(20)21-10/h4-5,8,12,16H,6-7H2,1-3H3,(H3-,20,21,22,27,29,30)/b23-11+. The van der Waals surface area contributed by atoms with Crippen LogP contribution in [0.5, 0.6) is 0 Å². The van der Waals surface area contributed by atoms with E-state index < -0.39 is 29.2 Å². The zero-order chi connectivity index (χ0) is 24.6. The number of rotatable bonds is 8. The van der Waals surface area contributed by atoms with E-state index in [1.54, 1.807) is 5.38 Å². The van der Waals surface area contributed by atoms with Gasteiger partial charge >= 0.3 is 5.13 Å². The highest BCUT2D eigenvalue weighted by Gasteiger charge is 2.53. The highest BCUT2D eigenvalue weighted by atomic mass is 32.2. The van der Waals surface area contributed by atoms with Crippen molar-refractivity contribution < 1.29 is 28.9 Å². The fraction of sp³-hybridized carbons (Fsp3) is 0.368. The van der Waals surface area contributed by atoms with E-state index in [0.29, 0.717) is 17.9 Å². The number of anilines is 2. The Morgan fingerprint density at radius 1 is 1.47 bits per heavy atom. The Kier molecular flexibility index (Phi) is 6.77. The number of carbonyl (C=O) groups is 3. The molecule has 3 N–H and O–H groups in total. The van der Waals surface area contributed by atoms with Gasteiger partial charge in [-0.3, -0.25) is 19.4 Å². The smallest absolute Gasteiger partial charge is 0.335 e. The number of fused-ring (bicyclic) bond motifs is 1. The number of carbonyl (C=O) groups excluding carboxylic acids is 3. The molecule has 0 aliphatic carbocycles. The van der Waals surface area contributed by atoms with E-state index in [1.807, 2.05) is 35.1 Å². The first-order chi connectivity index (χ1) is 16.2. The number of thioether (sulfide) groups is 1. The van der Waals surface area contributed by atoms with Gasteiger partial charge in [0.15, 0.2) is 10.8 Å². The molecule has 0 radical (unpaired) electrons. The van der Waals surface area contributed by atoms with Crippen LogP contribution in [0.1, 0.15) is 5.69 Å². The van der Waals surface area contributed by atoms with Gasteiger partial charge in [-0.05, 0) is 0 Å². The summed E-state index contributed by atoms with van der Waals surface area (Å²) in [6.45, 7) is 0.314. The van der Waals surface area contributed by atoms with E-state index in [4.69, 9.17) is 10.6 Å². The Morgan fingerprint density at radius 2 is 2.24 bits per heavy atom. The number of aliphatic carboxylic acids is 1. The second kappa shape index (κ2) is 9.60. The minimum absolute atomic E-state index is 0.135. The summed E-state index contributed by atoms with van der Waals surface area (Å²) in [5.41, 5.74) is 6.13. The quantitative estimate of drug-likeness (QED) is 0.182. The SMILES string of the molecule is CO/N=C(/C(=O)NC1C(=O)N2C(C(=O)[O-])=C(CN(C)c3scc[n+]3C)CSC12)c1csc(N)n1. The zero-order valence-electron chi connectivity index (χ0n) is 18.4. The number of nitrogens with zero attached hydrogens (tertiary/aromatic N) is 5. The summed E-state index contributed by atoms with van der Waals surface area (Å²) in [5.74, 6) is -2.28. The molecule has 2 aromatic heterocycles. The molecule has 1 fully saturated rings. The number of thiazole rings is 2. The molecule has 0 bridgehead atoms. The average molecular weight is 524 g/mol. The molecular formula is C19H21N7O5S3. The normalized spacial score (nSPS) is 20.0. The number of oxime groups is 1. The van der Waals surface area contributed by atoms with E-state index in [9.17, 15) is 19.5 Å². The number of nitrogen functional groups attached to an aromatic ring is 1. The first-order valence-corrected chi connectivity index (χ1v) is 12.7. The third-order valence-electron chi connectivity index (χ3n) is 5.20. The molecule has 2 unspecified atom stereocenters. The molecule has 34 heavy (non-hydrogen) atoms. The van der Waals surface area contributed by atoms with Crippen molar-refractivity contribution in [3.05, 3.63) is 33.9 Å². The molecule has 4 rings (SSSR count). The molecule has 15 heteroatoms. The zero-order valence-corrected chi connectivity index (χ0v) is 20.8. The fourth-order valence-electron chi connectivity index (χ4n) is 3.74. The van der Waals surface area contributed by atoms with Crippen LogP contribution in [0.25, 0.3) is 0 Å². The maximum Gasteiger partial charge on any atom is 0.335 e. The highest BCUT2D eigenvalue weighted by Crippen LogP contribution is 2.40. The molecule has 2 aliphatic heterocycles. The Hall–Kier alpha value is -3.17. The van der Waals surface area contributed by atoms with Gasteiger partial charge in [-0.2, -0.15) is 0 Å².